The molecule has 0 saturated carbocycles. The van der Waals surface area contributed by atoms with Gasteiger partial charge in [0.2, 0.25) is 5.43 Å². The van der Waals surface area contributed by atoms with Gasteiger partial charge in [-0.05, 0) is 61.9 Å². The third kappa shape index (κ3) is 3.80. The Morgan fingerprint density at radius 1 is 0.607 bits per heavy atom. The van der Waals surface area contributed by atoms with Crippen molar-refractivity contribution in [1.82, 2.24) is 4.57 Å². The van der Waals surface area contributed by atoms with Crippen LogP contribution in [0.25, 0.3) is 22.5 Å². The van der Waals surface area contributed by atoms with Gasteiger partial charge in [-0.2, -0.15) is 0 Å². The van der Waals surface area contributed by atoms with Crippen molar-refractivity contribution in [1.29, 1.82) is 0 Å². The van der Waals surface area contributed by atoms with Gasteiger partial charge in [0, 0.05) is 6.54 Å². The lowest BCUT2D eigenvalue weighted by molar-refractivity contribution is 0.799. The lowest BCUT2D eigenvalue weighted by atomic mass is 10.1. The zero-order valence-electron chi connectivity index (χ0n) is 15.0. The van der Waals surface area contributed by atoms with E-state index in [1.54, 1.807) is 0 Å². The van der Waals surface area contributed by atoms with Crippen LogP contribution in [0.15, 0.2) is 95.8 Å². The minimum Gasteiger partial charge on any atom is -0.334 e. The molecule has 4 rings (SSSR count). The number of hydrogen-bond acceptors (Lipinski definition) is 1. The molecule has 0 unspecified atom stereocenters. The molecule has 28 heavy (non-hydrogen) atoms. The van der Waals surface area contributed by atoms with Crippen molar-refractivity contribution in [2.24, 2.45) is 0 Å². The Kier molecular flexibility index (Phi) is 5.96. The Bertz CT molecular complexity index is 1080. The summed E-state index contributed by atoms with van der Waals surface area (Å²) in [4.78, 5) is 13.1. The summed E-state index contributed by atoms with van der Waals surface area (Å²) in [7, 11) is 0. The Hall–Kier alpha value is -1.93. The molecule has 0 fully saturated rings. The van der Waals surface area contributed by atoms with E-state index in [1.165, 1.54) is 5.56 Å². The molecule has 1 aromatic heterocycles. The minimum atomic E-state index is 0.0863. The van der Waals surface area contributed by atoms with Crippen LogP contribution in [-0.2, 0) is 6.54 Å². The number of aromatic nitrogens is 1. The van der Waals surface area contributed by atoms with Gasteiger partial charge in [-0.1, -0.05) is 91.0 Å². The highest BCUT2D eigenvalue weighted by molar-refractivity contribution is 14.1. The van der Waals surface area contributed by atoms with Gasteiger partial charge in [-0.15, -0.1) is 0 Å². The van der Waals surface area contributed by atoms with Crippen LogP contribution in [0, 0.1) is 7.14 Å². The van der Waals surface area contributed by atoms with Gasteiger partial charge in [0.1, 0.15) is 0 Å². The summed E-state index contributed by atoms with van der Waals surface area (Å²) in [6.45, 7) is 0.696. The quantitative estimate of drug-likeness (QED) is 0.252. The minimum absolute atomic E-state index is 0.0863. The highest BCUT2D eigenvalue weighted by atomic mass is 127. The third-order valence-corrected chi connectivity index (χ3v) is 6.63. The molecule has 4 aromatic rings. The maximum atomic E-state index is 13.1. The number of hydrogen-bond donors (Lipinski definition) is 0. The van der Waals surface area contributed by atoms with Crippen LogP contribution >= 0.6 is 45.2 Å². The zero-order chi connectivity index (χ0) is 19.5. The fraction of sp³-hybridized carbons (Fsp3) is 0.0417. The van der Waals surface area contributed by atoms with Crippen LogP contribution in [0.3, 0.4) is 0 Å². The second-order valence-corrected chi connectivity index (χ2v) is 8.62. The van der Waals surface area contributed by atoms with Crippen molar-refractivity contribution in [2.45, 2.75) is 6.54 Å². The number of benzene rings is 3. The van der Waals surface area contributed by atoms with Crippen molar-refractivity contribution in [3.05, 3.63) is 114 Å². The Labute approximate surface area is 191 Å². The molecule has 3 aromatic carbocycles. The van der Waals surface area contributed by atoms with Crippen LogP contribution in [0.5, 0.6) is 0 Å². The fourth-order valence-electron chi connectivity index (χ4n) is 3.34. The van der Waals surface area contributed by atoms with Gasteiger partial charge in [0.25, 0.3) is 0 Å². The third-order valence-electron chi connectivity index (χ3n) is 4.63. The van der Waals surface area contributed by atoms with Crippen LogP contribution < -0.4 is 5.43 Å². The maximum Gasteiger partial charge on any atom is 0.209 e. The molecule has 0 N–H and O–H groups in total. The first-order valence-electron chi connectivity index (χ1n) is 8.93. The summed E-state index contributed by atoms with van der Waals surface area (Å²) >= 11 is 4.40. The second-order valence-electron chi connectivity index (χ2n) is 6.46. The van der Waals surface area contributed by atoms with E-state index >= 15 is 0 Å². The van der Waals surface area contributed by atoms with E-state index in [0.717, 1.165) is 29.7 Å². The number of halogens is 2. The van der Waals surface area contributed by atoms with Gasteiger partial charge in [0.05, 0.1) is 18.5 Å². The molecule has 0 amide bonds. The maximum absolute atomic E-state index is 13.1. The molecule has 0 atom stereocenters. The topological polar surface area (TPSA) is 22.0 Å². The number of nitrogens with zero attached hydrogens (tertiary/aromatic N) is 1. The predicted octanol–water partition coefficient (Wildman–Crippen LogP) is 6.44. The first-order valence-corrected chi connectivity index (χ1v) is 11.1. The summed E-state index contributed by atoms with van der Waals surface area (Å²) < 4.78 is 3.79. The summed E-state index contributed by atoms with van der Waals surface area (Å²) in [6, 6.07) is 30.7. The van der Waals surface area contributed by atoms with Gasteiger partial charge in [-0.3, -0.25) is 4.79 Å². The highest BCUT2D eigenvalue weighted by Gasteiger charge is 2.21. The first kappa shape index (κ1) is 19.4. The lowest BCUT2D eigenvalue weighted by Gasteiger charge is -2.22. The fourth-order valence-corrected chi connectivity index (χ4v) is 5.60. The monoisotopic (exact) mass is 589 g/mol. The van der Waals surface area contributed by atoms with Crippen LogP contribution in [0.4, 0.5) is 0 Å². The average Bonchev–Trinajstić information content (AvgIpc) is 2.75. The van der Waals surface area contributed by atoms with E-state index < -0.39 is 0 Å². The van der Waals surface area contributed by atoms with Crippen molar-refractivity contribution < 1.29 is 0 Å². The van der Waals surface area contributed by atoms with Gasteiger partial charge < -0.3 is 4.57 Å². The average molecular weight is 589 g/mol. The van der Waals surface area contributed by atoms with Crippen molar-refractivity contribution in [3.8, 4) is 22.5 Å². The normalized spacial score (nSPS) is 10.8. The molecule has 4 heteroatoms. The van der Waals surface area contributed by atoms with E-state index in [4.69, 9.17) is 0 Å². The first-order chi connectivity index (χ1) is 13.7. The second kappa shape index (κ2) is 8.61. The summed E-state index contributed by atoms with van der Waals surface area (Å²) in [6.07, 6.45) is 0. The number of rotatable bonds is 4. The van der Waals surface area contributed by atoms with Crippen LogP contribution in [0.2, 0.25) is 0 Å². The molecule has 0 aliphatic rings. The standard InChI is InChI=1S/C24H17I2NO/c25-20-22(18-12-6-2-7-13-18)27(16-17-10-4-1-5-11-17)23(21(26)24(20)28)19-14-8-3-9-15-19/h1-15H,16H2. The molecule has 2 nitrogen and oxygen atoms in total. The van der Waals surface area contributed by atoms with Crippen LogP contribution in [-0.4, -0.2) is 4.57 Å². The smallest absolute Gasteiger partial charge is 0.209 e. The molecule has 0 aliphatic carbocycles. The van der Waals surface area contributed by atoms with Crippen LogP contribution in [0.1, 0.15) is 5.56 Å². The Morgan fingerprint density at radius 3 is 1.43 bits per heavy atom. The molecule has 138 valence electrons. The SMILES string of the molecule is O=c1c(I)c(-c2ccccc2)n(Cc2ccccc2)c(-c2ccccc2)c1I. The zero-order valence-corrected chi connectivity index (χ0v) is 19.3. The molecule has 0 aliphatic heterocycles. The Morgan fingerprint density at radius 2 is 1.00 bits per heavy atom. The van der Waals surface area contributed by atoms with Crippen molar-refractivity contribution in [3.63, 3.8) is 0 Å². The molecule has 1 heterocycles. The van der Waals surface area contributed by atoms with E-state index in [2.05, 4.69) is 98.3 Å². The molecule has 0 spiro atoms. The van der Waals surface area contributed by atoms with Gasteiger partial charge in [-0.25, -0.2) is 0 Å². The summed E-state index contributed by atoms with van der Waals surface area (Å²) in [5.74, 6) is 0. The Balaban J connectivity index is 2.08. The van der Waals surface area contributed by atoms with Gasteiger partial charge in [0.15, 0.2) is 0 Å². The summed E-state index contributed by atoms with van der Waals surface area (Å²) in [5.41, 5.74) is 5.32. The predicted molar refractivity (Wildman–Crippen MR) is 133 cm³/mol. The lowest BCUT2D eigenvalue weighted by Crippen LogP contribution is -2.21. The molecular formula is C24H17I2NO. The van der Waals surface area contributed by atoms with Crippen molar-refractivity contribution >= 4 is 45.2 Å². The largest absolute Gasteiger partial charge is 0.334 e. The van der Waals surface area contributed by atoms with Crippen molar-refractivity contribution in [2.75, 3.05) is 0 Å². The number of pyridine rings is 1. The van der Waals surface area contributed by atoms with E-state index in [1.807, 2.05) is 42.5 Å². The van der Waals surface area contributed by atoms with E-state index in [-0.39, 0.29) is 5.43 Å². The molecule has 0 saturated heterocycles. The molecule has 0 bridgehead atoms. The molecular weight excluding hydrogens is 572 g/mol. The van der Waals surface area contributed by atoms with Gasteiger partial charge >= 0.3 is 0 Å². The van der Waals surface area contributed by atoms with E-state index in [0.29, 0.717) is 6.54 Å². The van der Waals surface area contributed by atoms with E-state index in [9.17, 15) is 4.79 Å². The highest BCUT2D eigenvalue weighted by Crippen LogP contribution is 2.32. The molecule has 0 radical (unpaired) electrons. The summed E-state index contributed by atoms with van der Waals surface area (Å²) in [5, 5.41) is 0.